The van der Waals surface area contributed by atoms with Crippen LogP contribution in [0.3, 0.4) is 0 Å². The molecule has 0 aliphatic rings. The highest BCUT2D eigenvalue weighted by atomic mass is 79.9. The van der Waals surface area contributed by atoms with Gasteiger partial charge in [-0.1, -0.05) is 60.1 Å². The molecule has 0 radical (unpaired) electrons. The minimum Gasteiger partial charge on any atom is -0.488 e. The van der Waals surface area contributed by atoms with Gasteiger partial charge in [0.2, 0.25) is 0 Å². The van der Waals surface area contributed by atoms with Crippen molar-refractivity contribution in [3.63, 3.8) is 0 Å². The Labute approximate surface area is 203 Å². The number of hydrogen-bond acceptors (Lipinski definition) is 4. The molecule has 0 saturated carbocycles. The van der Waals surface area contributed by atoms with Gasteiger partial charge in [-0.3, -0.25) is 4.79 Å². The fraction of sp³-hybridized carbons (Fsp3) is 0.160. The Kier molecular flexibility index (Phi) is 6.86. The molecule has 1 heterocycles. The van der Waals surface area contributed by atoms with E-state index in [0.717, 1.165) is 25.8 Å². The molecular formula is C25H21Br2N3O2. The number of fused-ring (bicyclic) bond motifs is 1. The lowest BCUT2D eigenvalue weighted by Gasteiger charge is -2.12. The Balaban J connectivity index is 1.62. The summed E-state index contributed by atoms with van der Waals surface area (Å²) in [5, 5.41) is 5.00. The third-order valence-corrected chi connectivity index (χ3v) is 5.98. The van der Waals surface area contributed by atoms with E-state index in [1.165, 1.54) is 4.68 Å². The van der Waals surface area contributed by atoms with Crippen molar-refractivity contribution in [2.24, 2.45) is 5.10 Å². The van der Waals surface area contributed by atoms with Gasteiger partial charge in [-0.15, -0.1) is 0 Å². The second-order valence-corrected chi connectivity index (χ2v) is 9.38. The summed E-state index contributed by atoms with van der Waals surface area (Å²) >= 11 is 6.99. The van der Waals surface area contributed by atoms with Gasteiger partial charge in [0, 0.05) is 10.4 Å². The highest BCUT2D eigenvalue weighted by molar-refractivity contribution is 9.10. The van der Waals surface area contributed by atoms with Crippen molar-refractivity contribution in [3.05, 3.63) is 103 Å². The van der Waals surface area contributed by atoms with E-state index in [-0.39, 0.29) is 11.5 Å². The number of halogens is 2. The van der Waals surface area contributed by atoms with Crippen LogP contribution in [0.15, 0.2) is 85.6 Å². The molecule has 0 N–H and O–H groups in total. The van der Waals surface area contributed by atoms with Gasteiger partial charge in [-0.2, -0.15) is 9.78 Å². The van der Waals surface area contributed by atoms with Crippen LogP contribution in [0.25, 0.3) is 10.9 Å². The Morgan fingerprint density at radius 3 is 2.56 bits per heavy atom. The number of rotatable bonds is 6. The second kappa shape index (κ2) is 9.79. The zero-order valence-corrected chi connectivity index (χ0v) is 20.8. The maximum Gasteiger partial charge on any atom is 0.282 e. The van der Waals surface area contributed by atoms with E-state index < -0.39 is 0 Å². The van der Waals surface area contributed by atoms with Crippen LogP contribution in [0, 0.1) is 0 Å². The van der Waals surface area contributed by atoms with Gasteiger partial charge in [-0.25, -0.2) is 4.98 Å². The smallest absolute Gasteiger partial charge is 0.282 e. The van der Waals surface area contributed by atoms with Gasteiger partial charge in [0.25, 0.3) is 5.56 Å². The number of hydrogen-bond donors (Lipinski definition) is 0. The SMILES string of the molecule is CC(C)c1nc2ccc(Br)cc2c(=O)n1N=Cc1ccc(OCc2ccccc2)c(Br)c1. The van der Waals surface area contributed by atoms with Crippen molar-refractivity contribution in [2.45, 2.75) is 26.4 Å². The van der Waals surface area contributed by atoms with Crippen LogP contribution in [0.1, 0.15) is 36.7 Å². The lowest BCUT2D eigenvalue weighted by Crippen LogP contribution is -2.23. The summed E-state index contributed by atoms with van der Waals surface area (Å²) in [7, 11) is 0. The van der Waals surface area contributed by atoms with Gasteiger partial charge in [0.1, 0.15) is 18.2 Å². The predicted molar refractivity (Wildman–Crippen MR) is 136 cm³/mol. The minimum atomic E-state index is -0.196. The lowest BCUT2D eigenvalue weighted by molar-refractivity contribution is 0.304. The number of benzene rings is 3. The van der Waals surface area contributed by atoms with E-state index in [0.29, 0.717) is 23.3 Å². The van der Waals surface area contributed by atoms with Crippen LogP contribution in [-0.4, -0.2) is 15.9 Å². The molecule has 7 heteroatoms. The third kappa shape index (κ3) is 5.00. The van der Waals surface area contributed by atoms with Gasteiger partial charge in [0.15, 0.2) is 0 Å². The molecule has 4 rings (SSSR count). The molecule has 0 saturated heterocycles. The molecule has 0 bridgehead atoms. The molecular weight excluding hydrogens is 534 g/mol. The maximum atomic E-state index is 13.1. The monoisotopic (exact) mass is 553 g/mol. The maximum absolute atomic E-state index is 13.1. The fourth-order valence-corrected chi connectivity index (χ4v) is 4.10. The van der Waals surface area contributed by atoms with E-state index in [1.807, 2.05) is 74.5 Å². The van der Waals surface area contributed by atoms with E-state index in [4.69, 9.17) is 4.74 Å². The van der Waals surface area contributed by atoms with E-state index in [2.05, 4.69) is 41.9 Å². The quantitative estimate of drug-likeness (QED) is 0.255. The second-order valence-electron chi connectivity index (χ2n) is 7.61. The van der Waals surface area contributed by atoms with E-state index in [9.17, 15) is 4.79 Å². The Morgan fingerprint density at radius 1 is 1.06 bits per heavy atom. The summed E-state index contributed by atoms with van der Waals surface area (Å²) in [5.74, 6) is 1.39. The van der Waals surface area contributed by atoms with Crippen molar-refractivity contribution in [2.75, 3.05) is 0 Å². The summed E-state index contributed by atoms with van der Waals surface area (Å²) in [5.41, 5.74) is 2.40. The first-order valence-electron chi connectivity index (χ1n) is 10.1. The average Bonchev–Trinajstić information content (AvgIpc) is 2.78. The van der Waals surface area contributed by atoms with E-state index >= 15 is 0 Å². The molecule has 4 aromatic rings. The van der Waals surface area contributed by atoms with Crippen molar-refractivity contribution in [3.8, 4) is 5.75 Å². The van der Waals surface area contributed by atoms with Crippen molar-refractivity contribution in [1.82, 2.24) is 9.66 Å². The zero-order chi connectivity index (χ0) is 22.7. The van der Waals surface area contributed by atoms with Crippen LogP contribution in [0.2, 0.25) is 0 Å². The molecule has 0 aliphatic heterocycles. The first-order valence-corrected chi connectivity index (χ1v) is 11.7. The minimum absolute atomic E-state index is 0.0356. The van der Waals surface area contributed by atoms with Gasteiger partial charge in [0.05, 0.1) is 21.6 Å². The first-order chi connectivity index (χ1) is 15.4. The molecule has 0 atom stereocenters. The Hall–Kier alpha value is -2.77. The summed E-state index contributed by atoms with van der Waals surface area (Å²) in [6.07, 6.45) is 1.66. The van der Waals surface area contributed by atoms with Gasteiger partial charge >= 0.3 is 0 Å². The first kappa shape index (κ1) is 22.4. The molecule has 162 valence electrons. The third-order valence-electron chi connectivity index (χ3n) is 4.87. The number of aromatic nitrogens is 2. The summed E-state index contributed by atoms with van der Waals surface area (Å²) in [4.78, 5) is 17.8. The number of ether oxygens (including phenoxy) is 1. The molecule has 0 amide bonds. The van der Waals surface area contributed by atoms with Crippen LogP contribution in [0.4, 0.5) is 0 Å². The standard InChI is InChI=1S/C25H21Br2N3O2/c1-16(2)24-29-22-10-9-19(26)13-20(22)25(31)30(24)28-14-18-8-11-23(21(27)12-18)32-15-17-6-4-3-5-7-17/h3-14,16H,15H2,1-2H3. The molecule has 32 heavy (non-hydrogen) atoms. The molecule has 0 aliphatic carbocycles. The largest absolute Gasteiger partial charge is 0.488 e. The fourth-order valence-electron chi connectivity index (χ4n) is 3.23. The summed E-state index contributed by atoms with van der Waals surface area (Å²) in [6.45, 7) is 4.47. The van der Waals surface area contributed by atoms with E-state index in [1.54, 1.807) is 12.3 Å². The van der Waals surface area contributed by atoms with Gasteiger partial charge in [-0.05, 0) is 63.5 Å². The van der Waals surface area contributed by atoms with Crippen molar-refractivity contribution < 1.29 is 4.74 Å². The topological polar surface area (TPSA) is 56.5 Å². The molecule has 5 nitrogen and oxygen atoms in total. The Bertz CT molecular complexity index is 1350. The zero-order valence-electron chi connectivity index (χ0n) is 17.6. The predicted octanol–water partition coefficient (Wildman–Crippen LogP) is 6.51. The Morgan fingerprint density at radius 2 is 1.84 bits per heavy atom. The molecule has 1 aromatic heterocycles. The summed E-state index contributed by atoms with van der Waals surface area (Å²) < 4.78 is 8.93. The highest BCUT2D eigenvalue weighted by Crippen LogP contribution is 2.26. The molecule has 0 unspecified atom stereocenters. The normalized spacial score (nSPS) is 11.5. The molecule has 0 fully saturated rings. The van der Waals surface area contributed by atoms with Crippen molar-refractivity contribution >= 4 is 49.0 Å². The van der Waals surface area contributed by atoms with Gasteiger partial charge < -0.3 is 4.74 Å². The molecule has 0 spiro atoms. The lowest BCUT2D eigenvalue weighted by atomic mass is 10.2. The summed E-state index contributed by atoms with van der Waals surface area (Å²) in [6, 6.07) is 21.2. The van der Waals surface area contributed by atoms with Crippen LogP contribution >= 0.6 is 31.9 Å². The number of nitrogens with zero attached hydrogens (tertiary/aromatic N) is 3. The van der Waals surface area contributed by atoms with Crippen LogP contribution < -0.4 is 10.3 Å². The average molecular weight is 555 g/mol. The van der Waals surface area contributed by atoms with Crippen LogP contribution in [0.5, 0.6) is 5.75 Å². The molecule has 3 aromatic carbocycles. The van der Waals surface area contributed by atoms with Crippen LogP contribution in [-0.2, 0) is 6.61 Å². The highest BCUT2D eigenvalue weighted by Gasteiger charge is 2.14. The van der Waals surface area contributed by atoms with Crippen molar-refractivity contribution in [1.29, 1.82) is 0 Å².